The third-order valence-electron chi connectivity index (χ3n) is 12.5. The molecule has 0 unspecified atom stereocenters. The Morgan fingerprint density at radius 1 is 0.444 bits per heavy atom. The second-order valence-electron chi connectivity index (χ2n) is 26.0. The van der Waals surface area contributed by atoms with E-state index in [4.69, 9.17) is 47.4 Å². The standard InChI is InChI=1S/C55H99N5O21/c1-17-18-19-20-21-22-23-24-25-26-34(61)72-29-33-38(63)40(65)36(60-50(71)81-55(14,15)16)45(74-33)76-43-31(58-48(69)79-53(8,9)10)27-30(57-47(68)78-52(5,6)7)42(41(43)66)75-44-35(59-49(70)80-54(11,12)13)39(64)37(62)32(73-44)28-56-46(67)77-51(2,3)4/h30-33,35-45,62-66H,17-29H2,1-16H3,(H,56,67)(H,57,68)(H,58,69)(H,59,70)(H,60,71)/t30-,31+,32+,33+,35+,36+,37+,38+,39+,40+,41-,42+,43-,44+,45+/m0/s1. The van der Waals surface area contributed by atoms with Gasteiger partial charge in [-0.05, 0) is 117 Å². The van der Waals surface area contributed by atoms with Gasteiger partial charge in [0.25, 0.3) is 0 Å². The van der Waals surface area contributed by atoms with E-state index in [0.29, 0.717) is 6.42 Å². The number of unbranched alkanes of at least 4 members (excludes halogenated alkanes) is 8. The highest BCUT2D eigenvalue weighted by molar-refractivity contribution is 5.71. The molecule has 26 nitrogen and oxygen atoms in total. The Morgan fingerprint density at radius 3 is 1.19 bits per heavy atom. The summed E-state index contributed by atoms with van der Waals surface area (Å²) in [5.74, 6) is -0.604. The van der Waals surface area contributed by atoms with Crippen molar-refractivity contribution in [1.82, 2.24) is 26.6 Å². The summed E-state index contributed by atoms with van der Waals surface area (Å²) in [6.45, 7) is 25.0. The van der Waals surface area contributed by atoms with Crippen molar-refractivity contribution in [2.24, 2.45) is 0 Å². The number of aliphatic hydroxyl groups excluding tert-OH is 5. The van der Waals surface area contributed by atoms with Crippen LogP contribution in [0.2, 0.25) is 0 Å². The van der Waals surface area contributed by atoms with Gasteiger partial charge in [-0.3, -0.25) is 4.79 Å². The van der Waals surface area contributed by atoms with E-state index in [-0.39, 0.29) is 6.42 Å². The molecule has 2 aliphatic heterocycles. The molecule has 0 aromatic carbocycles. The molecular weight excluding hydrogens is 1070 g/mol. The Bertz CT molecular complexity index is 2000. The average molecular weight is 1170 g/mol. The Morgan fingerprint density at radius 2 is 0.790 bits per heavy atom. The zero-order chi connectivity index (χ0) is 61.4. The zero-order valence-electron chi connectivity index (χ0n) is 50.6. The van der Waals surface area contributed by atoms with Crippen LogP contribution in [-0.2, 0) is 52.2 Å². The quantitative estimate of drug-likeness (QED) is 0.0388. The Balaban J connectivity index is 2.16. The van der Waals surface area contributed by atoms with E-state index in [9.17, 15) is 54.3 Å². The first kappa shape index (κ1) is 70.7. The molecule has 2 heterocycles. The predicted octanol–water partition coefficient (Wildman–Crippen LogP) is 4.98. The monoisotopic (exact) mass is 1170 g/mol. The molecule has 0 spiro atoms. The molecule has 3 rings (SSSR count). The maximum atomic E-state index is 13.7. The first-order chi connectivity index (χ1) is 37.3. The van der Waals surface area contributed by atoms with Gasteiger partial charge in [-0.1, -0.05) is 58.3 Å². The molecule has 3 aliphatic rings. The molecule has 0 aromatic rings. The lowest BCUT2D eigenvalue weighted by molar-refractivity contribution is -0.317. The van der Waals surface area contributed by atoms with Crippen LogP contribution in [-0.4, -0.2) is 195 Å². The molecular formula is C55H99N5O21. The predicted molar refractivity (Wildman–Crippen MR) is 291 cm³/mol. The topological polar surface area (TPSA) is 356 Å². The van der Waals surface area contributed by atoms with Crippen LogP contribution in [0.3, 0.4) is 0 Å². The number of hydrogen-bond acceptors (Lipinski definition) is 21. The first-order valence-corrected chi connectivity index (χ1v) is 28.4. The number of alkyl carbamates (subject to hydrolysis) is 5. The minimum absolute atomic E-state index is 0.0615. The van der Waals surface area contributed by atoms with Crippen LogP contribution in [0.1, 0.15) is 181 Å². The van der Waals surface area contributed by atoms with Gasteiger partial charge in [0, 0.05) is 13.0 Å². The summed E-state index contributed by atoms with van der Waals surface area (Å²) in [6, 6.07) is -6.27. The summed E-state index contributed by atoms with van der Waals surface area (Å²) in [5, 5.41) is 72.0. The number of carbonyl (C=O) groups excluding carboxylic acids is 6. The second kappa shape index (κ2) is 30.8. The molecule has 1 saturated carbocycles. The van der Waals surface area contributed by atoms with Crippen LogP contribution >= 0.6 is 0 Å². The van der Waals surface area contributed by atoms with Crippen LogP contribution in [0.5, 0.6) is 0 Å². The van der Waals surface area contributed by atoms with Crippen molar-refractivity contribution in [3.63, 3.8) is 0 Å². The third-order valence-corrected chi connectivity index (χ3v) is 12.5. The number of ether oxygens (including phenoxy) is 10. The van der Waals surface area contributed by atoms with Crippen LogP contribution in [0.15, 0.2) is 0 Å². The molecule has 26 heteroatoms. The molecule has 0 radical (unpaired) electrons. The molecule has 3 fully saturated rings. The number of rotatable bonds is 22. The van der Waals surface area contributed by atoms with Crippen molar-refractivity contribution >= 4 is 36.4 Å². The normalized spacial score (nSPS) is 29.3. The Labute approximate surface area is 477 Å². The molecule has 1 aliphatic carbocycles. The van der Waals surface area contributed by atoms with E-state index in [0.717, 1.165) is 38.5 Å². The number of nitrogens with one attached hydrogen (secondary N) is 5. The Hall–Kier alpha value is -4.54. The summed E-state index contributed by atoms with van der Waals surface area (Å²) in [6.07, 6.45) is -16.4. The average Bonchev–Trinajstić information content (AvgIpc) is 3.28. The van der Waals surface area contributed by atoms with Gasteiger partial charge in [0.2, 0.25) is 0 Å². The van der Waals surface area contributed by atoms with Gasteiger partial charge in [0.1, 0.15) is 102 Å². The fourth-order valence-corrected chi connectivity index (χ4v) is 8.99. The lowest BCUT2D eigenvalue weighted by Crippen LogP contribution is -2.71. The van der Waals surface area contributed by atoms with E-state index in [2.05, 4.69) is 33.5 Å². The number of esters is 1. The van der Waals surface area contributed by atoms with Gasteiger partial charge < -0.3 is 99.5 Å². The van der Waals surface area contributed by atoms with Crippen LogP contribution in [0, 0.1) is 0 Å². The van der Waals surface area contributed by atoms with Gasteiger partial charge in [-0.15, -0.1) is 0 Å². The molecule has 81 heavy (non-hydrogen) atoms. The van der Waals surface area contributed by atoms with Gasteiger partial charge >= 0.3 is 36.4 Å². The smallest absolute Gasteiger partial charge is 0.408 e. The summed E-state index contributed by atoms with van der Waals surface area (Å²) >= 11 is 0. The van der Waals surface area contributed by atoms with Crippen molar-refractivity contribution in [2.75, 3.05) is 13.2 Å². The number of amides is 5. The number of hydrogen-bond donors (Lipinski definition) is 10. The van der Waals surface area contributed by atoms with Gasteiger partial charge in [0.05, 0.1) is 12.1 Å². The molecule has 5 amide bonds. The maximum Gasteiger partial charge on any atom is 0.408 e. The van der Waals surface area contributed by atoms with Crippen molar-refractivity contribution < 1.29 is 102 Å². The summed E-state index contributed by atoms with van der Waals surface area (Å²) in [5.41, 5.74) is -5.22. The van der Waals surface area contributed by atoms with E-state index in [1.807, 2.05) is 0 Å². The number of aliphatic hydroxyl groups is 5. The van der Waals surface area contributed by atoms with E-state index < -0.39 is 176 Å². The van der Waals surface area contributed by atoms with E-state index in [1.54, 1.807) is 104 Å². The van der Waals surface area contributed by atoms with Gasteiger partial charge in [0.15, 0.2) is 12.6 Å². The molecule has 15 atom stereocenters. The highest BCUT2D eigenvalue weighted by atomic mass is 16.7. The molecule has 0 aromatic heterocycles. The van der Waals surface area contributed by atoms with Crippen molar-refractivity contribution in [2.45, 2.75) is 301 Å². The van der Waals surface area contributed by atoms with Crippen LogP contribution in [0.4, 0.5) is 24.0 Å². The third kappa shape index (κ3) is 25.9. The van der Waals surface area contributed by atoms with Crippen LogP contribution < -0.4 is 26.6 Å². The SMILES string of the molecule is CCCCCCCCCCCC(=O)OC[C@H]1O[C@H](O[C@@H]2[C@@H](O)[C@H](O[C@H]3O[C@H](CNC(=O)OC(C)(C)C)[C@@H](O)[C@H](O)[C@H]3NC(=O)OC(C)(C)C)[C@@H](NC(=O)OC(C)(C)C)C[C@H]2NC(=O)OC(C)(C)C)[C@H](NC(=O)OC(C)(C)C)[C@@H](O)[C@@H]1O. The van der Waals surface area contributed by atoms with Crippen LogP contribution in [0.25, 0.3) is 0 Å². The van der Waals surface area contributed by atoms with Crippen molar-refractivity contribution in [1.29, 1.82) is 0 Å². The molecule has 470 valence electrons. The lowest BCUT2D eigenvalue weighted by Gasteiger charge is -2.50. The second-order valence-corrected chi connectivity index (χ2v) is 26.0. The fraction of sp³-hybridized carbons (Fsp3) is 0.891. The molecule has 2 saturated heterocycles. The molecule has 10 N–H and O–H groups in total. The fourth-order valence-electron chi connectivity index (χ4n) is 8.99. The first-order valence-electron chi connectivity index (χ1n) is 28.4. The summed E-state index contributed by atoms with van der Waals surface area (Å²) in [4.78, 5) is 80.2. The van der Waals surface area contributed by atoms with E-state index >= 15 is 0 Å². The van der Waals surface area contributed by atoms with Gasteiger partial charge in [-0.25, -0.2) is 24.0 Å². The maximum absolute atomic E-state index is 13.7. The zero-order valence-corrected chi connectivity index (χ0v) is 50.6. The van der Waals surface area contributed by atoms with Crippen molar-refractivity contribution in [3.8, 4) is 0 Å². The summed E-state index contributed by atoms with van der Waals surface area (Å²) in [7, 11) is 0. The minimum Gasteiger partial charge on any atom is -0.463 e. The number of carbonyl (C=O) groups is 6. The summed E-state index contributed by atoms with van der Waals surface area (Å²) < 4.78 is 58.6. The minimum atomic E-state index is -2.09. The molecule has 0 bridgehead atoms. The van der Waals surface area contributed by atoms with Crippen molar-refractivity contribution in [3.05, 3.63) is 0 Å². The van der Waals surface area contributed by atoms with E-state index in [1.165, 1.54) is 12.8 Å². The largest absolute Gasteiger partial charge is 0.463 e. The Kier molecular flexibility index (Phi) is 26.9. The lowest BCUT2D eigenvalue weighted by atomic mass is 9.83. The highest BCUT2D eigenvalue weighted by Gasteiger charge is 2.55. The highest BCUT2D eigenvalue weighted by Crippen LogP contribution is 2.34. The van der Waals surface area contributed by atoms with Gasteiger partial charge in [-0.2, -0.15) is 0 Å².